The molecule has 11 heteroatoms. The van der Waals surface area contributed by atoms with E-state index in [1.54, 1.807) is 42.6 Å². The molecule has 0 aliphatic heterocycles. The smallest absolute Gasteiger partial charge is 0.324 e. The topological polar surface area (TPSA) is 143 Å². The summed E-state index contributed by atoms with van der Waals surface area (Å²) in [6, 6.07) is 9.81. The number of carbonyl (C=O) groups is 2. The maximum Gasteiger partial charge on any atom is 0.324 e. The van der Waals surface area contributed by atoms with E-state index in [1.165, 1.54) is 20.2 Å². The van der Waals surface area contributed by atoms with Crippen molar-refractivity contribution in [1.82, 2.24) is 20.2 Å². The lowest BCUT2D eigenvalue weighted by Crippen LogP contribution is -2.19. The van der Waals surface area contributed by atoms with Crippen molar-refractivity contribution < 1.29 is 19.1 Å². The predicted octanol–water partition coefficient (Wildman–Crippen LogP) is 5.05. The number of hydrogen-bond donors (Lipinski definition) is 4. The Morgan fingerprint density at radius 2 is 1.78 bits per heavy atom. The largest absolute Gasteiger partial charge is 0.494 e. The number of anilines is 3. The molecule has 0 saturated heterocycles. The van der Waals surface area contributed by atoms with E-state index in [0.29, 0.717) is 45.5 Å². The highest BCUT2D eigenvalue weighted by atomic mass is 16.5. The summed E-state index contributed by atoms with van der Waals surface area (Å²) in [6.07, 6.45) is 3.09. The van der Waals surface area contributed by atoms with Crippen LogP contribution in [-0.4, -0.2) is 39.2 Å². The molecule has 0 radical (unpaired) electrons. The number of methoxy groups -OCH3 is 1. The summed E-state index contributed by atoms with van der Waals surface area (Å²) in [7, 11) is 1.52. The van der Waals surface area contributed by atoms with Gasteiger partial charge in [0.25, 0.3) is 0 Å². The van der Waals surface area contributed by atoms with Crippen molar-refractivity contribution in [3.8, 4) is 17.4 Å². The molecule has 1 aromatic carbocycles. The van der Waals surface area contributed by atoms with Gasteiger partial charge in [-0.1, -0.05) is 20.8 Å². The highest BCUT2D eigenvalue weighted by Crippen LogP contribution is 2.35. The number of fused-ring (bicyclic) bond motifs is 1. The number of aromatic amines is 1. The first-order chi connectivity index (χ1) is 17.1. The fraction of sp³-hybridized carbons (Fsp3) is 0.240. The first kappa shape index (κ1) is 24.5. The van der Waals surface area contributed by atoms with Gasteiger partial charge in [0.05, 0.1) is 35.9 Å². The van der Waals surface area contributed by atoms with Crippen LogP contribution in [0.5, 0.6) is 17.4 Å². The average molecular weight is 490 g/mol. The number of urea groups is 1. The average Bonchev–Trinajstić information content (AvgIpc) is 3.29. The van der Waals surface area contributed by atoms with E-state index in [0.717, 1.165) is 5.69 Å². The van der Waals surface area contributed by atoms with Crippen LogP contribution in [0.25, 0.3) is 10.9 Å². The lowest BCUT2D eigenvalue weighted by molar-refractivity contribution is -0.114. The highest BCUT2D eigenvalue weighted by molar-refractivity contribution is 5.99. The molecule has 4 N–H and O–H groups in total. The van der Waals surface area contributed by atoms with E-state index in [-0.39, 0.29) is 11.3 Å². The summed E-state index contributed by atoms with van der Waals surface area (Å²) in [5.74, 6) is 1.56. The van der Waals surface area contributed by atoms with Gasteiger partial charge in [0, 0.05) is 42.1 Å². The van der Waals surface area contributed by atoms with E-state index in [4.69, 9.17) is 9.47 Å². The molecule has 4 aromatic rings. The molecule has 0 unspecified atom stereocenters. The molecule has 0 aliphatic carbocycles. The fourth-order valence-corrected chi connectivity index (χ4v) is 3.38. The number of carbonyl (C=O) groups excluding carboxylic acids is 2. The van der Waals surface area contributed by atoms with Crippen LogP contribution in [0.15, 0.2) is 48.8 Å². The summed E-state index contributed by atoms with van der Waals surface area (Å²) in [4.78, 5) is 32.6. The summed E-state index contributed by atoms with van der Waals surface area (Å²) < 4.78 is 11.3. The van der Waals surface area contributed by atoms with Crippen molar-refractivity contribution in [2.75, 3.05) is 23.1 Å². The van der Waals surface area contributed by atoms with Gasteiger partial charge in [-0.05, 0) is 18.2 Å². The fourth-order valence-electron chi connectivity index (χ4n) is 3.38. The molecule has 3 aromatic heterocycles. The minimum absolute atomic E-state index is 0.135. The van der Waals surface area contributed by atoms with E-state index >= 15 is 0 Å². The van der Waals surface area contributed by atoms with E-state index in [1.807, 2.05) is 20.8 Å². The zero-order valence-corrected chi connectivity index (χ0v) is 20.6. The Kier molecular flexibility index (Phi) is 6.73. The van der Waals surface area contributed by atoms with Gasteiger partial charge in [-0.3, -0.25) is 20.2 Å². The number of amides is 3. The third-order valence-corrected chi connectivity index (χ3v) is 5.14. The number of H-pyrrole nitrogens is 1. The monoisotopic (exact) mass is 489 g/mol. The molecule has 186 valence electrons. The van der Waals surface area contributed by atoms with Gasteiger partial charge in [0.1, 0.15) is 17.3 Å². The van der Waals surface area contributed by atoms with Crippen LogP contribution in [-0.2, 0) is 10.2 Å². The number of nitrogens with one attached hydrogen (secondary N) is 4. The maximum absolute atomic E-state index is 12.3. The summed E-state index contributed by atoms with van der Waals surface area (Å²) in [5, 5.41) is 15.9. The first-order valence-electron chi connectivity index (χ1n) is 11.1. The van der Waals surface area contributed by atoms with Crippen molar-refractivity contribution in [1.29, 1.82) is 0 Å². The van der Waals surface area contributed by atoms with Crippen LogP contribution in [0.1, 0.15) is 33.4 Å². The van der Waals surface area contributed by atoms with Crippen molar-refractivity contribution in [3.05, 3.63) is 54.5 Å². The van der Waals surface area contributed by atoms with Crippen molar-refractivity contribution in [2.24, 2.45) is 0 Å². The summed E-state index contributed by atoms with van der Waals surface area (Å²) >= 11 is 0. The normalized spacial score (nSPS) is 11.1. The van der Waals surface area contributed by atoms with Gasteiger partial charge in [0.15, 0.2) is 0 Å². The second-order valence-corrected chi connectivity index (χ2v) is 9.04. The van der Waals surface area contributed by atoms with Gasteiger partial charge < -0.3 is 20.1 Å². The molecular weight excluding hydrogens is 462 g/mol. The van der Waals surface area contributed by atoms with Gasteiger partial charge in [0.2, 0.25) is 11.8 Å². The van der Waals surface area contributed by atoms with Crippen molar-refractivity contribution in [2.45, 2.75) is 33.1 Å². The second-order valence-electron chi connectivity index (χ2n) is 9.04. The molecule has 0 saturated carbocycles. The van der Waals surface area contributed by atoms with Gasteiger partial charge >= 0.3 is 6.03 Å². The second kappa shape index (κ2) is 9.90. The minimum atomic E-state index is -0.436. The van der Waals surface area contributed by atoms with E-state index in [9.17, 15) is 9.59 Å². The van der Waals surface area contributed by atoms with Crippen LogP contribution < -0.4 is 25.4 Å². The van der Waals surface area contributed by atoms with Crippen molar-refractivity contribution >= 4 is 40.0 Å². The Labute approximate surface area is 207 Å². The maximum atomic E-state index is 12.3. The van der Waals surface area contributed by atoms with Crippen LogP contribution in [0.4, 0.5) is 22.0 Å². The summed E-state index contributed by atoms with van der Waals surface area (Å²) in [6.45, 7) is 7.53. The number of aromatic nitrogens is 4. The number of benzene rings is 1. The summed E-state index contributed by atoms with van der Waals surface area (Å²) in [5.41, 5.74) is 2.31. The SMILES string of the molecule is COc1cc2nccc(Oc3ccc(NC(=O)Nc4cc(C(C)(C)C)n[nH]4)cn3)c2cc1NC(C)=O. The third kappa shape index (κ3) is 5.69. The molecule has 4 rings (SSSR count). The standard InChI is InChI=1S/C25H27N7O4/c1-14(33)28-18-10-16-17(11-20(18)35-5)26-9-8-19(16)36-23-7-6-15(13-27-23)29-24(34)30-22-12-21(31-32-22)25(2,3)4/h6-13H,1-5H3,(H,28,33)(H3,29,30,31,32,34). The Morgan fingerprint density at radius 3 is 2.42 bits per heavy atom. The Morgan fingerprint density at radius 1 is 0.972 bits per heavy atom. The Hall–Kier alpha value is -4.67. The molecule has 3 heterocycles. The molecule has 3 amide bonds. The molecule has 0 spiro atoms. The number of rotatable bonds is 6. The Bertz CT molecular complexity index is 1410. The molecule has 36 heavy (non-hydrogen) atoms. The van der Waals surface area contributed by atoms with Gasteiger partial charge in [-0.25, -0.2) is 9.78 Å². The van der Waals surface area contributed by atoms with Gasteiger partial charge in [-0.15, -0.1) is 0 Å². The van der Waals surface area contributed by atoms with Crippen LogP contribution in [0, 0.1) is 0 Å². The quantitative estimate of drug-likeness (QED) is 0.297. The zero-order chi connectivity index (χ0) is 25.9. The number of ether oxygens (including phenoxy) is 2. The lowest BCUT2D eigenvalue weighted by Gasteiger charge is -2.13. The number of hydrogen-bond acceptors (Lipinski definition) is 7. The van der Waals surface area contributed by atoms with E-state index < -0.39 is 6.03 Å². The van der Waals surface area contributed by atoms with Crippen LogP contribution in [0.2, 0.25) is 0 Å². The molecule has 0 bridgehead atoms. The van der Waals surface area contributed by atoms with Gasteiger partial charge in [-0.2, -0.15) is 5.10 Å². The highest BCUT2D eigenvalue weighted by Gasteiger charge is 2.18. The molecule has 11 nitrogen and oxygen atoms in total. The van der Waals surface area contributed by atoms with Crippen molar-refractivity contribution in [3.63, 3.8) is 0 Å². The minimum Gasteiger partial charge on any atom is -0.494 e. The molecule has 0 aliphatic rings. The molecular formula is C25H27N7O4. The first-order valence-corrected chi connectivity index (χ1v) is 11.1. The number of pyridine rings is 2. The number of nitrogens with zero attached hydrogens (tertiary/aromatic N) is 3. The lowest BCUT2D eigenvalue weighted by atomic mass is 9.92. The van der Waals surface area contributed by atoms with E-state index in [2.05, 4.69) is 36.1 Å². The van der Waals surface area contributed by atoms with Crippen LogP contribution >= 0.6 is 0 Å². The zero-order valence-electron chi connectivity index (χ0n) is 20.6. The molecule has 0 fully saturated rings. The predicted molar refractivity (Wildman–Crippen MR) is 137 cm³/mol. The molecule has 0 atom stereocenters. The Balaban J connectivity index is 1.46. The third-order valence-electron chi connectivity index (χ3n) is 5.14. The van der Waals surface area contributed by atoms with Crippen LogP contribution in [0.3, 0.4) is 0 Å².